The molecule has 0 aromatic rings. The molecule has 1 fully saturated rings. The molecule has 0 saturated carbocycles. The van der Waals surface area contributed by atoms with Gasteiger partial charge in [0.15, 0.2) is 0 Å². The molecule has 0 aromatic carbocycles. The second-order valence-corrected chi connectivity index (χ2v) is 4.28. The van der Waals surface area contributed by atoms with Gasteiger partial charge in [-0.2, -0.15) is 13.2 Å². The summed E-state index contributed by atoms with van der Waals surface area (Å²) < 4.78 is 35.6. The van der Waals surface area contributed by atoms with Crippen LogP contribution in [0.25, 0.3) is 0 Å². The molecule has 1 atom stereocenters. The van der Waals surface area contributed by atoms with Crippen molar-refractivity contribution in [2.75, 3.05) is 33.2 Å². The Balaban J connectivity index is 2.32. The first-order chi connectivity index (χ1) is 8.29. The highest BCUT2D eigenvalue weighted by atomic mass is 19.4. The maximum atomic E-state index is 11.9. The van der Waals surface area contributed by atoms with E-state index in [-0.39, 0.29) is 18.4 Å². The van der Waals surface area contributed by atoms with Gasteiger partial charge in [-0.05, 0) is 13.0 Å². The summed E-state index contributed by atoms with van der Waals surface area (Å²) in [5, 5.41) is 4.74. The van der Waals surface area contributed by atoms with Crippen LogP contribution in [0.1, 0.15) is 6.42 Å². The zero-order valence-corrected chi connectivity index (χ0v) is 10.0. The predicted octanol–water partition coefficient (Wildman–Crippen LogP) is -0.267. The number of hydrogen-bond donors (Lipinski definition) is 2. The summed E-state index contributed by atoms with van der Waals surface area (Å²) in [5.41, 5.74) is 0. The number of carbonyl (C=O) groups is 2. The summed E-state index contributed by atoms with van der Waals surface area (Å²) in [7, 11) is 1.41. The molecular formula is C10H16F3N3O2. The highest BCUT2D eigenvalue weighted by Gasteiger charge is 2.29. The minimum atomic E-state index is -4.44. The van der Waals surface area contributed by atoms with Crippen LogP contribution in [0.15, 0.2) is 0 Å². The zero-order chi connectivity index (χ0) is 13.8. The number of rotatable bonds is 4. The first-order valence-corrected chi connectivity index (χ1v) is 5.59. The van der Waals surface area contributed by atoms with E-state index in [2.05, 4.69) is 5.32 Å². The molecule has 0 radical (unpaired) electrons. The summed E-state index contributed by atoms with van der Waals surface area (Å²) in [6, 6.07) is 0. The van der Waals surface area contributed by atoms with E-state index in [9.17, 15) is 22.8 Å². The van der Waals surface area contributed by atoms with Gasteiger partial charge in [0.05, 0.1) is 12.5 Å². The fraction of sp³-hybridized carbons (Fsp3) is 0.800. The average molecular weight is 267 g/mol. The van der Waals surface area contributed by atoms with E-state index < -0.39 is 18.6 Å². The van der Waals surface area contributed by atoms with Gasteiger partial charge in [0.25, 0.3) is 0 Å². The summed E-state index contributed by atoms with van der Waals surface area (Å²) in [5.74, 6) is -1.22. The zero-order valence-electron chi connectivity index (χ0n) is 10.0. The largest absolute Gasteiger partial charge is 0.405 e. The van der Waals surface area contributed by atoms with Crippen LogP contribution in [0.4, 0.5) is 13.2 Å². The normalized spacial score (nSPS) is 19.7. The van der Waals surface area contributed by atoms with E-state index in [0.29, 0.717) is 13.0 Å². The van der Waals surface area contributed by atoms with Crippen molar-refractivity contribution in [3.8, 4) is 0 Å². The summed E-state index contributed by atoms with van der Waals surface area (Å²) >= 11 is 0. The Morgan fingerprint density at radius 3 is 2.61 bits per heavy atom. The first kappa shape index (κ1) is 14.7. The van der Waals surface area contributed by atoms with Gasteiger partial charge in [-0.15, -0.1) is 0 Å². The monoisotopic (exact) mass is 267 g/mol. The second kappa shape index (κ2) is 6.03. The number of amides is 2. The van der Waals surface area contributed by atoms with Gasteiger partial charge in [0, 0.05) is 13.6 Å². The third kappa shape index (κ3) is 4.91. The number of carbonyl (C=O) groups excluding carboxylic acids is 2. The Morgan fingerprint density at radius 2 is 2.11 bits per heavy atom. The van der Waals surface area contributed by atoms with Crippen molar-refractivity contribution in [2.24, 2.45) is 5.92 Å². The third-order valence-corrected chi connectivity index (χ3v) is 2.65. The predicted molar refractivity (Wildman–Crippen MR) is 57.7 cm³/mol. The molecule has 1 aliphatic rings. The lowest BCUT2D eigenvalue weighted by molar-refractivity contribution is -0.142. The molecule has 0 aromatic heterocycles. The van der Waals surface area contributed by atoms with E-state index in [4.69, 9.17) is 0 Å². The summed E-state index contributed by atoms with van der Waals surface area (Å²) in [4.78, 5) is 24.1. The molecule has 2 amide bonds. The van der Waals surface area contributed by atoms with Gasteiger partial charge in [0.2, 0.25) is 11.8 Å². The standard InChI is InChI=1S/C10H16F3N3O2/c1-16(9(18)7-2-3-14-4-7)5-8(17)15-6-10(11,12)13/h7,14H,2-6H2,1H3,(H,15,17). The van der Waals surface area contributed by atoms with Crippen LogP contribution in [0, 0.1) is 5.92 Å². The molecule has 1 aliphatic heterocycles. The van der Waals surface area contributed by atoms with E-state index in [1.807, 2.05) is 0 Å². The maximum absolute atomic E-state index is 11.9. The number of nitrogens with zero attached hydrogens (tertiary/aromatic N) is 1. The highest BCUT2D eigenvalue weighted by Crippen LogP contribution is 2.12. The minimum Gasteiger partial charge on any atom is -0.345 e. The maximum Gasteiger partial charge on any atom is 0.405 e. The highest BCUT2D eigenvalue weighted by molar-refractivity contribution is 5.86. The van der Waals surface area contributed by atoms with E-state index in [0.717, 1.165) is 11.4 Å². The molecule has 0 spiro atoms. The smallest absolute Gasteiger partial charge is 0.345 e. The lowest BCUT2D eigenvalue weighted by atomic mass is 10.1. The Hall–Kier alpha value is -1.31. The molecule has 0 bridgehead atoms. The van der Waals surface area contributed by atoms with Crippen molar-refractivity contribution in [1.29, 1.82) is 0 Å². The fourth-order valence-corrected chi connectivity index (χ4v) is 1.73. The van der Waals surface area contributed by atoms with Crippen molar-refractivity contribution in [3.63, 3.8) is 0 Å². The van der Waals surface area contributed by atoms with Crippen molar-refractivity contribution >= 4 is 11.8 Å². The lowest BCUT2D eigenvalue weighted by Crippen LogP contribution is -2.43. The average Bonchev–Trinajstić information content (AvgIpc) is 2.77. The Labute approximate surface area is 103 Å². The number of hydrogen-bond acceptors (Lipinski definition) is 3. The number of likely N-dealkylation sites (N-methyl/N-ethyl adjacent to an activating group) is 1. The van der Waals surface area contributed by atoms with Crippen LogP contribution in [0.3, 0.4) is 0 Å². The van der Waals surface area contributed by atoms with Gasteiger partial charge in [-0.1, -0.05) is 0 Å². The Bertz CT molecular complexity index is 314. The van der Waals surface area contributed by atoms with Crippen LogP contribution >= 0.6 is 0 Å². The molecule has 0 aliphatic carbocycles. The quantitative estimate of drug-likeness (QED) is 0.737. The molecule has 8 heteroatoms. The van der Waals surface area contributed by atoms with Crippen LogP contribution in [0.2, 0.25) is 0 Å². The fourth-order valence-electron chi connectivity index (χ4n) is 1.73. The number of nitrogens with one attached hydrogen (secondary N) is 2. The molecule has 1 saturated heterocycles. The van der Waals surface area contributed by atoms with Crippen LogP contribution in [0.5, 0.6) is 0 Å². The van der Waals surface area contributed by atoms with Gasteiger partial charge in [-0.25, -0.2) is 0 Å². The Morgan fingerprint density at radius 1 is 1.44 bits per heavy atom. The van der Waals surface area contributed by atoms with Gasteiger partial charge in [0.1, 0.15) is 6.54 Å². The molecule has 5 nitrogen and oxygen atoms in total. The van der Waals surface area contributed by atoms with E-state index >= 15 is 0 Å². The van der Waals surface area contributed by atoms with Gasteiger partial charge >= 0.3 is 6.18 Å². The van der Waals surface area contributed by atoms with Gasteiger partial charge < -0.3 is 15.5 Å². The SMILES string of the molecule is CN(CC(=O)NCC(F)(F)F)C(=O)C1CCNC1. The van der Waals surface area contributed by atoms with Crippen molar-refractivity contribution < 1.29 is 22.8 Å². The lowest BCUT2D eigenvalue weighted by Gasteiger charge is -2.20. The Kier molecular flexibility index (Phi) is 4.94. The third-order valence-electron chi connectivity index (χ3n) is 2.65. The summed E-state index contributed by atoms with van der Waals surface area (Å²) in [6.45, 7) is -0.442. The first-order valence-electron chi connectivity index (χ1n) is 5.59. The number of alkyl halides is 3. The molecule has 18 heavy (non-hydrogen) atoms. The van der Waals surface area contributed by atoms with Crippen LogP contribution in [-0.2, 0) is 9.59 Å². The molecule has 2 N–H and O–H groups in total. The van der Waals surface area contributed by atoms with E-state index in [1.165, 1.54) is 7.05 Å². The van der Waals surface area contributed by atoms with Crippen molar-refractivity contribution in [1.82, 2.24) is 15.5 Å². The van der Waals surface area contributed by atoms with Gasteiger partial charge in [-0.3, -0.25) is 9.59 Å². The molecule has 1 heterocycles. The molecule has 104 valence electrons. The molecule has 1 rings (SSSR count). The molecule has 1 unspecified atom stereocenters. The van der Waals surface area contributed by atoms with Crippen LogP contribution < -0.4 is 10.6 Å². The molecular weight excluding hydrogens is 251 g/mol. The number of halogens is 3. The summed E-state index contributed by atoms with van der Waals surface area (Å²) in [6.07, 6.45) is -3.75. The minimum absolute atomic E-state index is 0.189. The second-order valence-electron chi connectivity index (χ2n) is 4.28. The van der Waals surface area contributed by atoms with Crippen LogP contribution in [-0.4, -0.2) is 56.1 Å². The topological polar surface area (TPSA) is 61.4 Å². The van der Waals surface area contributed by atoms with Crippen molar-refractivity contribution in [3.05, 3.63) is 0 Å². The van der Waals surface area contributed by atoms with E-state index in [1.54, 1.807) is 5.32 Å². The van der Waals surface area contributed by atoms with Crippen molar-refractivity contribution in [2.45, 2.75) is 12.6 Å².